The van der Waals surface area contributed by atoms with Gasteiger partial charge in [0.05, 0.1) is 0 Å². The Morgan fingerprint density at radius 2 is 2.17 bits per heavy atom. The Morgan fingerprint density at radius 1 is 1.33 bits per heavy atom. The number of allylic oxidation sites excluding steroid dienone is 6. The number of fused-ring (bicyclic) bond motifs is 2. The third kappa shape index (κ3) is 2.41. The summed E-state index contributed by atoms with van der Waals surface area (Å²) < 4.78 is 1.95. The molecule has 1 heterocycles. The van der Waals surface area contributed by atoms with Crippen LogP contribution in [-0.2, 0) is 6.54 Å². The molecule has 2 aliphatic rings. The highest BCUT2D eigenvalue weighted by Gasteiger charge is 2.25. The van der Waals surface area contributed by atoms with Gasteiger partial charge >= 0.3 is 5.97 Å². The molecule has 1 unspecified atom stereocenters. The van der Waals surface area contributed by atoms with Crippen molar-refractivity contribution in [2.75, 3.05) is 0 Å². The molecule has 3 nitrogen and oxygen atoms in total. The Bertz CT molecular complexity index is 911. The number of rotatable bonds is 3. The van der Waals surface area contributed by atoms with E-state index in [4.69, 9.17) is 0 Å². The van der Waals surface area contributed by atoms with Gasteiger partial charge in [0.25, 0.3) is 0 Å². The van der Waals surface area contributed by atoms with Crippen molar-refractivity contribution in [3.63, 3.8) is 0 Å². The number of hydrogen-bond donors (Lipinski definition) is 1. The van der Waals surface area contributed by atoms with E-state index >= 15 is 0 Å². The van der Waals surface area contributed by atoms with Gasteiger partial charge in [-0.05, 0) is 61.0 Å². The van der Waals surface area contributed by atoms with Gasteiger partial charge in [-0.2, -0.15) is 0 Å². The van der Waals surface area contributed by atoms with Crippen LogP contribution in [0.3, 0.4) is 0 Å². The summed E-state index contributed by atoms with van der Waals surface area (Å²) in [6.45, 7) is 2.80. The molecule has 2 aliphatic carbocycles. The Balaban J connectivity index is 1.82. The predicted octanol–water partition coefficient (Wildman–Crippen LogP) is 4.95. The second-order valence-corrected chi connectivity index (χ2v) is 6.72. The predicted molar refractivity (Wildman–Crippen MR) is 96.2 cm³/mol. The minimum atomic E-state index is -0.867. The van der Waals surface area contributed by atoms with Crippen LogP contribution in [0.1, 0.15) is 36.7 Å². The number of carboxylic acid groups (broad SMARTS) is 1. The van der Waals surface area contributed by atoms with Crippen LogP contribution in [0, 0.1) is 5.92 Å². The summed E-state index contributed by atoms with van der Waals surface area (Å²) in [6, 6.07) is 9.68. The SMILES string of the molecule is CC1=C2C(Cn3c(C(=O)O)cc4ccccc43)=CCCC2CC=C1. The number of aromatic carboxylic acids is 1. The lowest BCUT2D eigenvalue weighted by Crippen LogP contribution is -2.19. The third-order valence-electron chi connectivity index (χ3n) is 5.23. The van der Waals surface area contributed by atoms with Crippen molar-refractivity contribution in [2.45, 2.75) is 32.7 Å². The second-order valence-electron chi connectivity index (χ2n) is 6.72. The van der Waals surface area contributed by atoms with Crippen molar-refractivity contribution in [1.82, 2.24) is 4.57 Å². The Labute approximate surface area is 141 Å². The molecule has 0 bridgehead atoms. The fraction of sp³-hybridized carbons (Fsp3) is 0.286. The van der Waals surface area contributed by atoms with Gasteiger partial charge in [0.2, 0.25) is 0 Å². The van der Waals surface area contributed by atoms with E-state index in [9.17, 15) is 9.90 Å². The Hall–Kier alpha value is -2.55. The molecule has 0 saturated heterocycles. The van der Waals surface area contributed by atoms with Gasteiger partial charge in [-0.15, -0.1) is 0 Å². The highest BCUT2D eigenvalue weighted by molar-refractivity contribution is 5.94. The van der Waals surface area contributed by atoms with E-state index in [0.717, 1.165) is 23.7 Å². The first-order valence-corrected chi connectivity index (χ1v) is 8.53. The third-order valence-corrected chi connectivity index (χ3v) is 5.23. The maximum absolute atomic E-state index is 11.7. The first-order chi connectivity index (χ1) is 11.6. The fourth-order valence-corrected chi connectivity index (χ4v) is 4.16. The van der Waals surface area contributed by atoms with E-state index in [1.165, 1.54) is 23.1 Å². The van der Waals surface area contributed by atoms with Gasteiger partial charge in [0.1, 0.15) is 5.69 Å². The number of aromatic nitrogens is 1. The summed E-state index contributed by atoms with van der Waals surface area (Å²) in [5, 5.41) is 10.6. The molecule has 0 fully saturated rings. The first kappa shape index (κ1) is 15.0. The zero-order valence-electron chi connectivity index (χ0n) is 13.8. The van der Waals surface area contributed by atoms with Crippen molar-refractivity contribution in [1.29, 1.82) is 0 Å². The molecule has 0 saturated carbocycles. The van der Waals surface area contributed by atoms with Gasteiger partial charge in [-0.3, -0.25) is 0 Å². The number of benzene rings is 1. The molecule has 1 aromatic heterocycles. The van der Waals surface area contributed by atoms with Crippen LogP contribution < -0.4 is 0 Å². The maximum Gasteiger partial charge on any atom is 0.352 e. The lowest BCUT2D eigenvalue weighted by molar-refractivity contribution is 0.0686. The average molecular weight is 319 g/mol. The topological polar surface area (TPSA) is 42.2 Å². The van der Waals surface area contributed by atoms with Crippen LogP contribution in [0.4, 0.5) is 0 Å². The largest absolute Gasteiger partial charge is 0.477 e. The molecule has 24 heavy (non-hydrogen) atoms. The summed E-state index contributed by atoms with van der Waals surface area (Å²) in [6.07, 6.45) is 10.1. The van der Waals surface area contributed by atoms with E-state index in [-0.39, 0.29) is 0 Å². The molecule has 0 amide bonds. The van der Waals surface area contributed by atoms with E-state index in [0.29, 0.717) is 18.2 Å². The van der Waals surface area contributed by atoms with Crippen LogP contribution in [-0.4, -0.2) is 15.6 Å². The Morgan fingerprint density at radius 3 is 3.00 bits per heavy atom. The highest BCUT2D eigenvalue weighted by Crippen LogP contribution is 2.39. The molecule has 2 aromatic rings. The molecule has 122 valence electrons. The molecular formula is C21H21NO2. The molecule has 3 heteroatoms. The lowest BCUT2D eigenvalue weighted by atomic mass is 9.76. The van der Waals surface area contributed by atoms with Gasteiger partial charge in [-0.25, -0.2) is 4.79 Å². The minimum Gasteiger partial charge on any atom is -0.477 e. The quantitative estimate of drug-likeness (QED) is 0.869. The zero-order valence-corrected chi connectivity index (χ0v) is 13.8. The summed E-state index contributed by atoms with van der Waals surface area (Å²) >= 11 is 0. The van der Waals surface area contributed by atoms with Crippen LogP contribution in [0.15, 0.2) is 65.3 Å². The molecule has 0 aliphatic heterocycles. The summed E-state index contributed by atoms with van der Waals surface area (Å²) in [4.78, 5) is 11.7. The van der Waals surface area contributed by atoms with Gasteiger partial charge in [0.15, 0.2) is 0 Å². The minimum absolute atomic E-state index is 0.365. The van der Waals surface area contributed by atoms with Crippen LogP contribution >= 0.6 is 0 Å². The maximum atomic E-state index is 11.7. The van der Waals surface area contributed by atoms with Crippen molar-refractivity contribution in [3.8, 4) is 0 Å². The molecule has 1 N–H and O–H groups in total. The van der Waals surface area contributed by atoms with Gasteiger partial charge in [0, 0.05) is 17.4 Å². The monoisotopic (exact) mass is 319 g/mol. The van der Waals surface area contributed by atoms with E-state index < -0.39 is 5.97 Å². The standard InChI is InChI=1S/C21H21NO2/c1-14-6-4-8-15-9-5-10-17(20(14)15)13-22-18-11-3-2-7-16(18)12-19(22)21(23)24/h2-4,6-7,10-12,15H,5,8-9,13H2,1H3,(H,23,24). The molecule has 0 radical (unpaired) electrons. The lowest BCUT2D eigenvalue weighted by Gasteiger charge is -2.30. The van der Waals surface area contributed by atoms with Gasteiger partial charge < -0.3 is 9.67 Å². The number of para-hydroxylation sites is 1. The van der Waals surface area contributed by atoms with Crippen LogP contribution in [0.25, 0.3) is 10.9 Å². The van der Waals surface area contributed by atoms with E-state index in [2.05, 4.69) is 25.2 Å². The molecule has 4 rings (SSSR count). The van der Waals surface area contributed by atoms with Crippen molar-refractivity contribution in [2.24, 2.45) is 5.92 Å². The smallest absolute Gasteiger partial charge is 0.352 e. The van der Waals surface area contributed by atoms with E-state index in [1.54, 1.807) is 6.07 Å². The fourth-order valence-electron chi connectivity index (χ4n) is 4.16. The molecule has 0 spiro atoms. The summed E-state index contributed by atoms with van der Waals surface area (Å²) in [7, 11) is 0. The normalized spacial score (nSPS) is 20.2. The van der Waals surface area contributed by atoms with Crippen LogP contribution in [0.5, 0.6) is 0 Å². The highest BCUT2D eigenvalue weighted by atomic mass is 16.4. The molecular weight excluding hydrogens is 298 g/mol. The number of carboxylic acids is 1. The number of nitrogens with zero attached hydrogens (tertiary/aromatic N) is 1. The van der Waals surface area contributed by atoms with Gasteiger partial charge in [-0.1, -0.05) is 36.4 Å². The second kappa shape index (κ2) is 5.82. The Kier molecular flexibility index (Phi) is 3.64. The summed E-state index contributed by atoms with van der Waals surface area (Å²) in [5.74, 6) is -0.279. The molecule has 1 aromatic carbocycles. The zero-order chi connectivity index (χ0) is 16.7. The van der Waals surface area contributed by atoms with E-state index in [1.807, 2.05) is 28.8 Å². The van der Waals surface area contributed by atoms with Crippen molar-refractivity contribution in [3.05, 3.63) is 71.0 Å². The number of hydrogen-bond acceptors (Lipinski definition) is 1. The first-order valence-electron chi connectivity index (χ1n) is 8.53. The average Bonchev–Trinajstić information content (AvgIpc) is 2.94. The number of carbonyl (C=O) groups is 1. The summed E-state index contributed by atoms with van der Waals surface area (Å²) in [5.41, 5.74) is 5.40. The van der Waals surface area contributed by atoms with Crippen molar-refractivity contribution < 1.29 is 9.90 Å². The molecule has 1 atom stereocenters. The van der Waals surface area contributed by atoms with Crippen molar-refractivity contribution >= 4 is 16.9 Å². The van der Waals surface area contributed by atoms with Crippen LogP contribution in [0.2, 0.25) is 0 Å².